The first-order valence-corrected chi connectivity index (χ1v) is 7.42. The van der Waals surface area contributed by atoms with Crippen molar-refractivity contribution >= 4 is 0 Å². The van der Waals surface area contributed by atoms with Gasteiger partial charge < -0.3 is 5.32 Å². The lowest BCUT2D eigenvalue weighted by atomic mass is 9.83. The zero-order chi connectivity index (χ0) is 12.8. The number of aromatic nitrogens is 1. The fourth-order valence-corrected chi connectivity index (χ4v) is 3.00. The number of rotatable bonds is 5. The quantitative estimate of drug-likeness (QED) is 0.854. The van der Waals surface area contributed by atoms with Gasteiger partial charge in [0.05, 0.1) is 0 Å². The number of hydrogen-bond acceptors (Lipinski definition) is 2. The highest BCUT2D eigenvalue weighted by molar-refractivity contribution is 5.21. The minimum absolute atomic E-state index is 0.720. The highest BCUT2D eigenvalue weighted by Gasteiger charge is 2.19. The van der Waals surface area contributed by atoms with Gasteiger partial charge >= 0.3 is 0 Å². The van der Waals surface area contributed by atoms with Gasteiger partial charge in [-0.1, -0.05) is 19.8 Å². The minimum Gasteiger partial charge on any atom is -0.310 e. The van der Waals surface area contributed by atoms with Crippen LogP contribution in [0.15, 0.2) is 18.5 Å². The Kier molecular flexibility index (Phi) is 5.18. The molecule has 0 saturated heterocycles. The maximum absolute atomic E-state index is 4.21. The van der Waals surface area contributed by atoms with Crippen LogP contribution < -0.4 is 5.32 Å². The molecule has 0 aromatic carbocycles. The molecule has 0 spiro atoms. The van der Waals surface area contributed by atoms with Crippen LogP contribution in [-0.4, -0.2) is 11.0 Å². The van der Waals surface area contributed by atoms with Gasteiger partial charge in [0.25, 0.3) is 0 Å². The average molecular weight is 246 g/mol. The third kappa shape index (κ3) is 3.81. The summed E-state index contributed by atoms with van der Waals surface area (Å²) in [6.07, 6.45) is 12.2. The van der Waals surface area contributed by atoms with Gasteiger partial charge in [-0.3, -0.25) is 4.98 Å². The number of nitrogens with one attached hydrogen (secondary N) is 1. The first kappa shape index (κ1) is 13.5. The predicted octanol–water partition coefficient (Wildman–Crippen LogP) is 3.84. The second kappa shape index (κ2) is 6.89. The molecule has 100 valence electrons. The lowest BCUT2D eigenvalue weighted by Crippen LogP contribution is -2.32. The Balaban J connectivity index is 1.74. The van der Waals surface area contributed by atoms with Gasteiger partial charge in [0.15, 0.2) is 0 Å². The first-order chi connectivity index (χ1) is 8.79. The molecule has 1 heterocycles. The van der Waals surface area contributed by atoms with Crippen LogP contribution in [0.25, 0.3) is 0 Å². The van der Waals surface area contributed by atoms with Crippen molar-refractivity contribution in [2.75, 3.05) is 0 Å². The SMILES string of the molecule is CCCC1CCC(NCc2cnccc2C)CC1. The fourth-order valence-electron chi connectivity index (χ4n) is 3.00. The Morgan fingerprint density at radius 1 is 1.28 bits per heavy atom. The van der Waals surface area contributed by atoms with Crippen LogP contribution in [0.1, 0.15) is 56.6 Å². The zero-order valence-corrected chi connectivity index (χ0v) is 11.8. The molecule has 2 heteroatoms. The zero-order valence-electron chi connectivity index (χ0n) is 11.8. The van der Waals surface area contributed by atoms with Crippen molar-refractivity contribution in [2.24, 2.45) is 5.92 Å². The molecule has 1 N–H and O–H groups in total. The molecule has 0 unspecified atom stereocenters. The highest BCUT2D eigenvalue weighted by atomic mass is 14.9. The summed E-state index contributed by atoms with van der Waals surface area (Å²) >= 11 is 0. The highest BCUT2D eigenvalue weighted by Crippen LogP contribution is 2.27. The number of nitrogens with zero attached hydrogens (tertiary/aromatic N) is 1. The van der Waals surface area contributed by atoms with Crippen LogP contribution in [0.3, 0.4) is 0 Å². The van der Waals surface area contributed by atoms with E-state index in [4.69, 9.17) is 0 Å². The third-order valence-corrected chi connectivity index (χ3v) is 4.27. The van der Waals surface area contributed by atoms with Gasteiger partial charge in [-0.25, -0.2) is 0 Å². The van der Waals surface area contributed by atoms with Gasteiger partial charge in [-0.15, -0.1) is 0 Å². The Morgan fingerprint density at radius 3 is 2.72 bits per heavy atom. The molecule has 2 nitrogen and oxygen atoms in total. The molecular weight excluding hydrogens is 220 g/mol. The van der Waals surface area contributed by atoms with E-state index in [-0.39, 0.29) is 0 Å². The summed E-state index contributed by atoms with van der Waals surface area (Å²) in [5.41, 5.74) is 2.69. The largest absolute Gasteiger partial charge is 0.310 e. The molecular formula is C16H26N2. The van der Waals surface area contributed by atoms with Crippen LogP contribution in [0.2, 0.25) is 0 Å². The maximum Gasteiger partial charge on any atom is 0.0315 e. The molecule has 1 saturated carbocycles. The van der Waals surface area contributed by atoms with Crippen molar-refractivity contribution in [3.63, 3.8) is 0 Å². The van der Waals surface area contributed by atoms with Crippen LogP contribution in [0.5, 0.6) is 0 Å². The summed E-state index contributed by atoms with van der Waals surface area (Å²) in [7, 11) is 0. The van der Waals surface area contributed by atoms with E-state index in [1.165, 1.54) is 49.7 Å². The minimum atomic E-state index is 0.720. The molecule has 1 aliphatic rings. The third-order valence-electron chi connectivity index (χ3n) is 4.27. The summed E-state index contributed by atoms with van der Waals surface area (Å²) in [6, 6.07) is 2.81. The van der Waals surface area contributed by atoms with E-state index in [1.807, 2.05) is 12.4 Å². The molecule has 1 fully saturated rings. The first-order valence-electron chi connectivity index (χ1n) is 7.42. The summed E-state index contributed by atoms with van der Waals surface area (Å²) in [5, 5.41) is 3.70. The van der Waals surface area contributed by atoms with Crippen molar-refractivity contribution in [2.45, 2.75) is 65.0 Å². The van der Waals surface area contributed by atoms with E-state index >= 15 is 0 Å². The lowest BCUT2D eigenvalue weighted by Gasteiger charge is -2.29. The molecule has 1 aromatic heterocycles. The number of hydrogen-bond donors (Lipinski definition) is 1. The average Bonchev–Trinajstić information content (AvgIpc) is 2.40. The van der Waals surface area contributed by atoms with E-state index in [2.05, 4.69) is 30.2 Å². The lowest BCUT2D eigenvalue weighted by molar-refractivity contribution is 0.277. The summed E-state index contributed by atoms with van der Waals surface area (Å²) in [4.78, 5) is 4.21. The molecule has 0 atom stereocenters. The molecule has 0 bridgehead atoms. The molecule has 1 aliphatic carbocycles. The van der Waals surface area contributed by atoms with Crippen LogP contribution in [-0.2, 0) is 6.54 Å². The maximum atomic E-state index is 4.21. The van der Waals surface area contributed by atoms with Crippen molar-refractivity contribution < 1.29 is 0 Å². The molecule has 0 amide bonds. The van der Waals surface area contributed by atoms with E-state index in [0.717, 1.165) is 18.5 Å². The van der Waals surface area contributed by atoms with E-state index in [1.54, 1.807) is 0 Å². The van der Waals surface area contributed by atoms with Crippen LogP contribution >= 0.6 is 0 Å². The smallest absolute Gasteiger partial charge is 0.0315 e. The second-order valence-corrected chi connectivity index (χ2v) is 5.69. The van der Waals surface area contributed by atoms with Gasteiger partial charge in [-0.2, -0.15) is 0 Å². The molecule has 18 heavy (non-hydrogen) atoms. The monoisotopic (exact) mass is 246 g/mol. The molecule has 1 aromatic rings. The van der Waals surface area contributed by atoms with Crippen molar-refractivity contribution in [3.8, 4) is 0 Å². The van der Waals surface area contributed by atoms with Crippen molar-refractivity contribution in [1.29, 1.82) is 0 Å². The topological polar surface area (TPSA) is 24.9 Å². The summed E-state index contributed by atoms with van der Waals surface area (Å²) in [5.74, 6) is 0.994. The van der Waals surface area contributed by atoms with E-state index in [0.29, 0.717) is 0 Å². The summed E-state index contributed by atoms with van der Waals surface area (Å²) in [6.45, 7) is 5.44. The van der Waals surface area contributed by atoms with Crippen LogP contribution in [0.4, 0.5) is 0 Å². The fraction of sp³-hybridized carbons (Fsp3) is 0.688. The Bertz CT molecular complexity index is 354. The Hall–Kier alpha value is -0.890. The van der Waals surface area contributed by atoms with Gasteiger partial charge in [0.1, 0.15) is 0 Å². The summed E-state index contributed by atoms with van der Waals surface area (Å²) < 4.78 is 0. The Labute approximate surface area is 111 Å². The van der Waals surface area contributed by atoms with Gasteiger partial charge in [-0.05, 0) is 55.7 Å². The van der Waals surface area contributed by atoms with Gasteiger partial charge in [0.2, 0.25) is 0 Å². The predicted molar refractivity (Wildman–Crippen MR) is 76.5 cm³/mol. The van der Waals surface area contributed by atoms with E-state index < -0.39 is 0 Å². The van der Waals surface area contributed by atoms with E-state index in [9.17, 15) is 0 Å². The number of pyridine rings is 1. The standard InChI is InChI=1S/C16H26N2/c1-3-4-14-5-7-16(8-6-14)18-12-15-11-17-10-9-13(15)2/h9-11,14,16,18H,3-8,12H2,1-2H3. The van der Waals surface area contributed by atoms with Crippen molar-refractivity contribution in [1.82, 2.24) is 10.3 Å². The Morgan fingerprint density at radius 2 is 2.06 bits per heavy atom. The normalized spacial score (nSPS) is 24.1. The molecule has 0 aliphatic heterocycles. The number of aryl methyl sites for hydroxylation is 1. The second-order valence-electron chi connectivity index (χ2n) is 5.69. The van der Waals surface area contributed by atoms with Crippen LogP contribution in [0, 0.1) is 12.8 Å². The molecule has 0 radical (unpaired) electrons. The van der Waals surface area contributed by atoms with Gasteiger partial charge in [0, 0.05) is 25.0 Å². The molecule has 2 rings (SSSR count). The van der Waals surface area contributed by atoms with Crippen molar-refractivity contribution in [3.05, 3.63) is 29.6 Å².